The zero-order valence-electron chi connectivity index (χ0n) is 16.0. The summed E-state index contributed by atoms with van der Waals surface area (Å²) in [7, 11) is -3.99. The van der Waals surface area contributed by atoms with Crippen molar-refractivity contribution in [2.24, 2.45) is 0 Å². The van der Waals surface area contributed by atoms with E-state index in [0.29, 0.717) is 12.8 Å². The van der Waals surface area contributed by atoms with Crippen LogP contribution in [0.5, 0.6) is 0 Å². The van der Waals surface area contributed by atoms with Crippen LogP contribution >= 0.6 is 0 Å². The monoisotopic (exact) mass is 443 g/mol. The number of benzene rings is 1. The lowest BCUT2D eigenvalue weighted by molar-refractivity contribution is -0.141. The van der Waals surface area contributed by atoms with Crippen molar-refractivity contribution < 1.29 is 26.4 Å². The number of likely N-dealkylation sites (tertiary alicyclic amines) is 1. The smallest absolute Gasteiger partial charge is 0.351 e. The SMILES string of the molecule is Cc1ccc(S(=O)(=O)NC(=O)N2CCC(Nc3nccc(C(F)(F)F)n3)CC2)cc1. The normalized spacial score (nSPS) is 15.7. The van der Waals surface area contributed by atoms with Gasteiger partial charge in [-0.25, -0.2) is 27.9 Å². The van der Waals surface area contributed by atoms with Gasteiger partial charge < -0.3 is 10.2 Å². The van der Waals surface area contributed by atoms with Gasteiger partial charge in [-0.2, -0.15) is 13.2 Å². The third-order valence-electron chi connectivity index (χ3n) is 4.61. The van der Waals surface area contributed by atoms with Crippen LogP contribution in [-0.4, -0.2) is 48.4 Å². The zero-order chi connectivity index (χ0) is 21.9. The summed E-state index contributed by atoms with van der Waals surface area (Å²) in [5.41, 5.74) is -0.155. The summed E-state index contributed by atoms with van der Waals surface area (Å²) < 4.78 is 64.9. The predicted molar refractivity (Wildman–Crippen MR) is 102 cm³/mol. The quantitative estimate of drug-likeness (QED) is 0.753. The molecule has 1 aliphatic heterocycles. The predicted octanol–water partition coefficient (Wildman–Crippen LogP) is 2.78. The second-order valence-electron chi connectivity index (χ2n) is 6.89. The molecule has 0 unspecified atom stereocenters. The van der Waals surface area contributed by atoms with Crippen LogP contribution in [0.25, 0.3) is 0 Å². The maximum Gasteiger partial charge on any atom is 0.433 e. The molecule has 0 atom stereocenters. The number of halogens is 3. The van der Waals surface area contributed by atoms with Crippen molar-refractivity contribution in [1.82, 2.24) is 19.6 Å². The number of sulfonamides is 1. The van der Waals surface area contributed by atoms with E-state index in [1.807, 2.05) is 11.6 Å². The van der Waals surface area contributed by atoms with Gasteiger partial charge in [-0.3, -0.25) is 0 Å². The largest absolute Gasteiger partial charge is 0.433 e. The van der Waals surface area contributed by atoms with Crippen LogP contribution in [0.4, 0.5) is 23.9 Å². The number of rotatable bonds is 4. The van der Waals surface area contributed by atoms with E-state index >= 15 is 0 Å². The number of nitrogens with one attached hydrogen (secondary N) is 2. The highest BCUT2D eigenvalue weighted by molar-refractivity contribution is 7.90. The second-order valence-corrected chi connectivity index (χ2v) is 8.58. The van der Waals surface area contributed by atoms with Crippen molar-refractivity contribution in [2.45, 2.75) is 36.9 Å². The highest BCUT2D eigenvalue weighted by Gasteiger charge is 2.33. The van der Waals surface area contributed by atoms with Crippen LogP contribution < -0.4 is 10.0 Å². The standard InChI is InChI=1S/C18H20F3N5O3S/c1-12-2-4-14(5-3-12)30(28,29)25-17(27)26-10-7-13(8-11-26)23-16-22-9-6-15(24-16)18(19,20)21/h2-6,9,13H,7-8,10-11H2,1H3,(H,25,27)(H,22,23,24). The van der Waals surface area contributed by atoms with Gasteiger partial charge in [0.25, 0.3) is 10.0 Å². The number of aromatic nitrogens is 2. The van der Waals surface area contributed by atoms with Gasteiger partial charge in [0.2, 0.25) is 5.95 Å². The van der Waals surface area contributed by atoms with E-state index in [2.05, 4.69) is 15.3 Å². The first-order valence-corrected chi connectivity index (χ1v) is 10.6. The maximum absolute atomic E-state index is 12.7. The number of anilines is 1. The summed E-state index contributed by atoms with van der Waals surface area (Å²) in [6.07, 6.45) is -2.74. The molecular weight excluding hydrogens is 423 g/mol. The average molecular weight is 443 g/mol. The zero-order valence-corrected chi connectivity index (χ0v) is 16.8. The Hall–Kier alpha value is -2.89. The fourth-order valence-corrected chi connectivity index (χ4v) is 3.92. The number of hydrogen-bond donors (Lipinski definition) is 2. The molecule has 0 bridgehead atoms. The minimum Gasteiger partial charge on any atom is -0.351 e. The van der Waals surface area contributed by atoms with Crippen LogP contribution in [0.2, 0.25) is 0 Å². The Kier molecular flexibility index (Phi) is 6.15. The topological polar surface area (TPSA) is 104 Å². The number of carbonyl (C=O) groups is 1. The fourth-order valence-electron chi connectivity index (χ4n) is 2.95. The van der Waals surface area contributed by atoms with Gasteiger partial charge in [-0.05, 0) is 38.0 Å². The number of alkyl halides is 3. The van der Waals surface area contributed by atoms with Crippen LogP contribution in [0.15, 0.2) is 41.4 Å². The molecule has 3 rings (SSSR count). The van der Waals surface area contributed by atoms with Crippen LogP contribution in [0.1, 0.15) is 24.1 Å². The van der Waals surface area contributed by atoms with Gasteiger partial charge in [0.15, 0.2) is 0 Å². The van der Waals surface area contributed by atoms with E-state index in [4.69, 9.17) is 0 Å². The molecule has 1 aliphatic rings. The molecule has 162 valence electrons. The average Bonchev–Trinajstić information content (AvgIpc) is 2.68. The minimum absolute atomic E-state index is 0.0142. The molecule has 1 aromatic heterocycles. The number of piperidine rings is 1. The molecule has 1 fully saturated rings. The molecule has 0 radical (unpaired) electrons. The summed E-state index contributed by atoms with van der Waals surface area (Å²) in [5.74, 6) is -0.144. The molecule has 30 heavy (non-hydrogen) atoms. The van der Waals surface area contributed by atoms with Crippen LogP contribution in [0.3, 0.4) is 0 Å². The van der Waals surface area contributed by atoms with Crippen LogP contribution in [-0.2, 0) is 16.2 Å². The Morgan fingerprint density at radius 3 is 2.37 bits per heavy atom. The van der Waals surface area contributed by atoms with Gasteiger partial charge in [0.05, 0.1) is 4.90 Å². The van der Waals surface area contributed by atoms with E-state index < -0.39 is 27.9 Å². The first-order chi connectivity index (χ1) is 14.0. The summed E-state index contributed by atoms with van der Waals surface area (Å²) >= 11 is 0. The Labute approximate surface area is 171 Å². The molecule has 2 heterocycles. The third-order valence-corrected chi connectivity index (χ3v) is 5.95. The van der Waals surface area contributed by atoms with Crippen molar-refractivity contribution >= 4 is 22.0 Å². The number of urea groups is 1. The van der Waals surface area contributed by atoms with Crippen molar-refractivity contribution in [3.05, 3.63) is 47.8 Å². The summed E-state index contributed by atoms with van der Waals surface area (Å²) in [4.78, 5) is 20.9. The van der Waals surface area contributed by atoms with Crippen molar-refractivity contribution in [3.8, 4) is 0 Å². The first kappa shape index (κ1) is 21.8. The maximum atomic E-state index is 12.7. The lowest BCUT2D eigenvalue weighted by Crippen LogP contribution is -2.48. The van der Waals surface area contributed by atoms with Crippen molar-refractivity contribution in [1.29, 1.82) is 0 Å². The van der Waals surface area contributed by atoms with Gasteiger partial charge in [0, 0.05) is 25.3 Å². The summed E-state index contributed by atoms with van der Waals surface area (Å²) in [5, 5.41) is 2.83. The van der Waals surface area contributed by atoms with E-state index in [0.717, 1.165) is 17.8 Å². The molecule has 1 aromatic carbocycles. The van der Waals surface area contributed by atoms with Gasteiger partial charge in [0.1, 0.15) is 5.69 Å². The molecule has 12 heteroatoms. The number of hydrogen-bond acceptors (Lipinski definition) is 6. The Morgan fingerprint density at radius 1 is 1.13 bits per heavy atom. The second kappa shape index (κ2) is 8.46. The minimum atomic E-state index is -4.57. The third kappa shape index (κ3) is 5.38. The highest BCUT2D eigenvalue weighted by atomic mass is 32.2. The summed E-state index contributed by atoms with van der Waals surface area (Å²) in [6.45, 7) is 2.27. The number of amides is 2. The molecule has 8 nitrogen and oxygen atoms in total. The first-order valence-electron chi connectivity index (χ1n) is 9.10. The molecule has 0 saturated carbocycles. The molecule has 0 aliphatic carbocycles. The van der Waals surface area contributed by atoms with Crippen LogP contribution in [0, 0.1) is 6.92 Å². The lowest BCUT2D eigenvalue weighted by atomic mass is 10.1. The molecule has 2 amide bonds. The fraction of sp³-hybridized carbons (Fsp3) is 0.389. The summed E-state index contributed by atoms with van der Waals surface area (Å²) in [6, 6.07) is 5.88. The molecule has 2 N–H and O–H groups in total. The lowest BCUT2D eigenvalue weighted by Gasteiger charge is -2.32. The van der Waals surface area contributed by atoms with Gasteiger partial charge in [-0.15, -0.1) is 0 Å². The van der Waals surface area contributed by atoms with Crippen molar-refractivity contribution in [2.75, 3.05) is 18.4 Å². The molecule has 1 saturated heterocycles. The number of nitrogens with zero attached hydrogens (tertiary/aromatic N) is 3. The van der Waals surface area contributed by atoms with E-state index in [9.17, 15) is 26.4 Å². The molecule has 0 spiro atoms. The number of carbonyl (C=O) groups excluding carboxylic acids is 1. The van der Waals surface area contributed by atoms with Gasteiger partial charge in [-0.1, -0.05) is 17.7 Å². The van der Waals surface area contributed by atoms with E-state index in [-0.39, 0.29) is 30.0 Å². The Bertz CT molecular complexity index is 1000. The van der Waals surface area contributed by atoms with Crippen molar-refractivity contribution in [3.63, 3.8) is 0 Å². The van der Waals surface area contributed by atoms with E-state index in [1.165, 1.54) is 17.0 Å². The van der Waals surface area contributed by atoms with E-state index in [1.54, 1.807) is 12.1 Å². The number of aryl methyl sites for hydroxylation is 1. The molecule has 2 aromatic rings. The van der Waals surface area contributed by atoms with Gasteiger partial charge >= 0.3 is 12.2 Å². The Balaban J connectivity index is 1.55. The highest BCUT2D eigenvalue weighted by Crippen LogP contribution is 2.28. The Morgan fingerprint density at radius 2 is 1.77 bits per heavy atom. The molecular formula is C18H20F3N5O3S.